The Hall–Kier alpha value is -2.06. The molecule has 0 spiro atoms. The molecular formula is C30H42N2O4S. The Labute approximate surface area is 226 Å². The van der Waals surface area contributed by atoms with Gasteiger partial charge in [0.15, 0.2) is 0 Å². The van der Waals surface area contributed by atoms with E-state index in [1.165, 1.54) is 5.56 Å². The molecule has 0 radical (unpaired) electrons. The summed E-state index contributed by atoms with van der Waals surface area (Å²) in [5, 5.41) is 0. The van der Waals surface area contributed by atoms with Gasteiger partial charge in [0.2, 0.25) is 5.91 Å². The number of methoxy groups -OCH3 is 1. The van der Waals surface area contributed by atoms with Gasteiger partial charge in [-0.25, -0.2) is 0 Å². The van der Waals surface area contributed by atoms with Crippen molar-refractivity contribution in [2.45, 2.75) is 63.0 Å². The summed E-state index contributed by atoms with van der Waals surface area (Å²) < 4.78 is 20.1. The van der Waals surface area contributed by atoms with E-state index in [4.69, 9.17) is 14.2 Å². The third kappa shape index (κ3) is 6.51. The maximum Gasteiger partial charge on any atom is 0.233 e. The Morgan fingerprint density at radius 2 is 2.03 bits per heavy atom. The van der Waals surface area contributed by atoms with E-state index in [-0.39, 0.29) is 18.1 Å². The van der Waals surface area contributed by atoms with Gasteiger partial charge in [-0.2, -0.15) is 0 Å². The predicted molar refractivity (Wildman–Crippen MR) is 151 cm³/mol. The van der Waals surface area contributed by atoms with Gasteiger partial charge in [-0.1, -0.05) is 61.4 Å². The second-order valence-corrected chi connectivity index (χ2v) is 11.4. The number of rotatable bonds is 11. The Balaban J connectivity index is 1.39. The molecule has 202 valence electrons. The number of ether oxygens (including phenoxy) is 3. The van der Waals surface area contributed by atoms with E-state index in [0.717, 1.165) is 62.4 Å². The molecule has 3 aliphatic rings. The normalized spacial score (nSPS) is 24.4. The second-order valence-electron chi connectivity index (χ2n) is 10.2. The molecule has 0 aromatic heterocycles. The molecule has 2 heterocycles. The van der Waals surface area contributed by atoms with Crippen molar-refractivity contribution in [3.63, 3.8) is 0 Å². The zero-order valence-electron chi connectivity index (χ0n) is 22.6. The molecule has 1 aromatic carbocycles. The van der Waals surface area contributed by atoms with Crippen LogP contribution >= 0.6 is 11.9 Å². The van der Waals surface area contributed by atoms with Crippen LogP contribution in [-0.4, -0.2) is 73.8 Å². The molecule has 1 saturated carbocycles. The van der Waals surface area contributed by atoms with Gasteiger partial charge in [0, 0.05) is 32.1 Å². The van der Waals surface area contributed by atoms with Gasteiger partial charge in [-0.15, -0.1) is 0 Å². The molecule has 37 heavy (non-hydrogen) atoms. The van der Waals surface area contributed by atoms with Crippen LogP contribution in [0.1, 0.15) is 44.6 Å². The maximum absolute atomic E-state index is 13.8. The summed E-state index contributed by atoms with van der Waals surface area (Å²) in [6.07, 6.45) is 12.4. The number of allylic oxidation sites excluding steroid dienone is 4. The average Bonchev–Trinajstić information content (AvgIpc) is 3.30. The highest BCUT2D eigenvalue weighted by atomic mass is 32.2. The van der Waals surface area contributed by atoms with Crippen LogP contribution in [0.3, 0.4) is 0 Å². The fourth-order valence-electron chi connectivity index (χ4n) is 5.60. The van der Waals surface area contributed by atoms with Gasteiger partial charge in [-0.05, 0) is 62.9 Å². The van der Waals surface area contributed by atoms with Crippen molar-refractivity contribution in [1.29, 1.82) is 0 Å². The summed E-state index contributed by atoms with van der Waals surface area (Å²) in [5.74, 6) is 1.90. The van der Waals surface area contributed by atoms with Crippen LogP contribution in [0.2, 0.25) is 0 Å². The first kappa shape index (κ1) is 28.0. The molecule has 2 aliphatic heterocycles. The first-order valence-corrected chi connectivity index (χ1v) is 14.4. The Morgan fingerprint density at radius 1 is 1.27 bits per heavy atom. The highest BCUT2D eigenvalue weighted by Crippen LogP contribution is 2.49. The average molecular weight is 527 g/mol. The van der Waals surface area contributed by atoms with Gasteiger partial charge in [0.1, 0.15) is 18.0 Å². The topological polar surface area (TPSA) is 51.2 Å². The van der Waals surface area contributed by atoms with Crippen molar-refractivity contribution in [1.82, 2.24) is 9.21 Å². The number of benzene rings is 1. The monoisotopic (exact) mass is 526 g/mol. The molecule has 3 fully saturated rings. The van der Waals surface area contributed by atoms with Gasteiger partial charge < -0.3 is 19.1 Å². The maximum atomic E-state index is 13.8. The van der Waals surface area contributed by atoms with Crippen molar-refractivity contribution in [2.24, 2.45) is 5.41 Å². The smallest absolute Gasteiger partial charge is 0.233 e. The summed E-state index contributed by atoms with van der Waals surface area (Å²) in [6, 6.07) is 8.87. The Bertz CT molecular complexity index is 984. The van der Waals surface area contributed by atoms with E-state index in [9.17, 15) is 4.79 Å². The first-order chi connectivity index (χ1) is 18.0. The van der Waals surface area contributed by atoms with Gasteiger partial charge in [0.05, 0.1) is 18.5 Å². The van der Waals surface area contributed by atoms with Crippen molar-refractivity contribution >= 4 is 17.9 Å². The summed E-state index contributed by atoms with van der Waals surface area (Å²) in [7, 11) is 3.88. The fraction of sp³-hybridized carbons (Fsp3) is 0.567. The minimum atomic E-state index is -0.457. The molecule has 0 bridgehead atoms. The molecule has 2 unspecified atom stereocenters. The number of carbonyl (C=O) groups is 1. The van der Waals surface area contributed by atoms with Crippen molar-refractivity contribution in [3.8, 4) is 5.75 Å². The Kier molecular flexibility index (Phi) is 9.93. The van der Waals surface area contributed by atoms with Crippen molar-refractivity contribution in [3.05, 3.63) is 66.3 Å². The number of hydrogen-bond donors (Lipinski definition) is 0. The highest BCUT2D eigenvalue weighted by Gasteiger charge is 2.51. The third-order valence-corrected chi connectivity index (χ3v) is 9.11. The zero-order valence-corrected chi connectivity index (χ0v) is 23.4. The SMILES string of the molecule is C=C/C=C(\C=C/C)C1(C(=O)N2CC(OC)C(Oc3cccc(CSN(C)C4CCOCC4)c3)C2)CCC1. The van der Waals surface area contributed by atoms with E-state index in [1.807, 2.05) is 48.1 Å². The van der Waals surface area contributed by atoms with Crippen LogP contribution in [-0.2, 0) is 20.0 Å². The molecule has 6 nitrogen and oxygen atoms in total. The van der Waals surface area contributed by atoms with Crippen LogP contribution < -0.4 is 4.74 Å². The fourth-order valence-corrected chi connectivity index (χ4v) is 6.56. The van der Waals surface area contributed by atoms with Gasteiger partial charge in [-0.3, -0.25) is 9.10 Å². The molecule has 0 N–H and O–H groups in total. The summed E-state index contributed by atoms with van der Waals surface area (Å²) >= 11 is 1.85. The number of nitrogens with zero attached hydrogens (tertiary/aromatic N) is 2. The molecule has 4 rings (SSSR count). The largest absolute Gasteiger partial charge is 0.486 e. The quantitative estimate of drug-likeness (QED) is 0.284. The number of hydrogen-bond acceptors (Lipinski definition) is 6. The lowest BCUT2D eigenvalue weighted by molar-refractivity contribution is -0.143. The predicted octanol–water partition coefficient (Wildman–Crippen LogP) is 5.41. The van der Waals surface area contributed by atoms with Crippen LogP contribution in [0.4, 0.5) is 0 Å². The van der Waals surface area contributed by atoms with Crippen LogP contribution in [0, 0.1) is 5.41 Å². The van der Waals surface area contributed by atoms with E-state index in [2.05, 4.69) is 36.1 Å². The molecule has 1 aliphatic carbocycles. The third-order valence-electron chi connectivity index (χ3n) is 7.94. The molecule has 2 saturated heterocycles. The zero-order chi connectivity index (χ0) is 26.3. The van der Waals surface area contributed by atoms with E-state index in [1.54, 1.807) is 13.2 Å². The minimum Gasteiger partial charge on any atom is -0.486 e. The van der Waals surface area contributed by atoms with E-state index in [0.29, 0.717) is 19.1 Å². The van der Waals surface area contributed by atoms with Crippen LogP contribution in [0.5, 0.6) is 5.75 Å². The van der Waals surface area contributed by atoms with Crippen molar-refractivity contribution in [2.75, 3.05) is 40.5 Å². The van der Waals surface area contributed by atoms with Gasteiger partial charge >= 0.3 is 0 Å². The lowest BCUT2D eigenvalue weighted by Gasteiger charge is -2.43. The first-order valence-electron chi connectivity index (χ1n) is 13.5. The lowest BCUT2D eigenvalue weighted by Crippen LogP contribution is -2.48. The second kappa shape index (κ2) is 13.1. The van der Waals surface area contributed by atoms with Crippen LogP contribution in [0.25, 0.3) is 0 Å². The van der Waals surface area contributed by atoms with E-state index < -0.39 is 5.41 Å². The lowest BCUT2D eigenvalue weighted by atomic mass is 9.62. The van der Waals surface area contributed by atoms with Crippen LogP contribution in [0.15, 0.2) is 60.7 Å². The van der Waals surface area contributed by atoms with Gasteiger partial charge in [0.25, 0.3) is 0 Å². The molecular weight excluding hydrogens is 484 g/mol. The number of likely N-dealkylation sites (tertiary alicyclic amines) is 1. The molecule has 7 heteroatoms. The summed E-state index contributed by atoms with van der Waals surface area (Å²) in [5.41, 5.74) is 1.82. The van der Waals surface area contributed by atoms with Crippen molar-refractivity contribution < 1.29 is 19.0 Å². The minimum absolute atomic E-state index is 0.160. The molecule has 2 atom stereocenters. The molecule has 1 aromatic rings. The molecule has 1 amide bonds. The van der Waals surface area contributed by atoms with E-state index >= 15 is 0 Å². The Morgan fingerprint density at radius 3 is 2.68 bits per heavy atom. The summed E-state index contributed by atoms with van der Waals surface area (Å²) in [6.45, 7) is 8.63. The number of amides is 1. The highest BCUT2D eigenvalue weighted by molar-refractivity contribution is 7.96. The number of carbonyl (C=O) groups excluding carboxylic acids is 1. The standard InChI is InChI=1S/C30H42N2O4S/c1-5-9-24(10-6-2)30(15-8-16-30)29(33)32-20-27(34-4)28(21-32)36-26-12-7-11-23(19-26)22-37-31(3)25-13-17-35-18-14-25/h5-7,9-12,19,25,27-28H,1,8,13-18,20-22H2,2-4H3/b10-6-,24-9+. The summed E-state index contributed by atoms with van der Waals surface area (Å²) in [4.78, 5) is 15.8.